The average Bonchev–Trinajstić information content (AvgIpc) is 2.41. The van der Waals surface area contributed by atoms with Crippen molar-refractivity contribution in [2.45, 2.75) is 33.2 Å². The van der Waals surface area contributed by atoms with Gasteiger partial charge in [-0.3, -0.25) is 4.79 Å². The fourth-order valence-corrected chi connectivity index (χ4v) is 2.88. The van der Waals surface area contributed by atoms with Gasteiger partial charge in [-0.15, -0.1) is 0 Å². The van der Waals surface area contributed by atoms with E-state index in [9.17, 15) is 4.79 Å². The maximum absolute atomic E-state index is 12.2. The highest BCUT2D eigenvalue weighted by Gasteiger charge is 2.12. The molecule has 2 rings (SSSR count). The van der Waals surface area contributed by atoms with Crippen molar-refractivity contribution in [1.29, 1.82) is 0 Å². The number of halogens is 1. The van der Waals surface area contributed by atoms with Crippen molar-refractivity contribution in [1.82, 2.24) is 5.32 Å². The normalized spacial score (nSPS) is 12.0. The highest BCUT2D eigenvalue weighted by Crippen LogP contribution is 2.19. The quantitative estimate of drug-likeness (QED) is 0.869. The Bertz CT molecular complexity index is 651. The molecular formula is C18H20BrNO. The van der Waals surface area contributed by atoms with E-state index in [2.05, 4.69) is 53.3 Å². The molecule has 0 spiro atoms. The van der Waals surface area contributed by atoms with Gasteiger partial charge < -0.3 is 5.32 Å². The molecule has 110 valence electrons. The van der Waals surface area contributed by atoms with Gasteiger partial charge in [-0.25, -0.2) is 0 Å². The standard InChI is InChI=1S/C18H20BrNO/c1-12-7-8-13(2)17(9-12)14(3)20-18(21)11-15-5-4-6-16(19)10-15/h4-10,14H,11H2,1-3H3,(H,20,21)/t14-/m1/s1. The van der Waals surface area contributed by atoms with Gasteiger partial charge in [0.05, 0.1) is 12.5 Å². The molecule has 0 aliphatic heterocycles. The largest absolute Gasteiger partial charge is 0.349 e. The van der Waals surface area contributed by atoms with Gasteiger partial charge in [-0.1, -0.05) is 51.8 Å². The Hall–Kier alpha value is -1.61. The molecule has 2 aromatic rings. The zero-order valence-corrected chi connectivity index (χ0v) is 14.2. The van der Waals surface area contributed by atoms with E-state index in [0.717, 1.165) is 10.0 Å². The minimum Gasteiger partial charge on any atom is -0.349 e. The van der Waals surface area contributed by atoms with E-state index >= 15 is 0 Å². The third-order valence-electron chi connectivity index (χ3n) is 3.53. The second-order valence-corrected chi connectivity index (χ2v) is 6.37. The lowest BCUT2D eigenvalue weighted by molar-refractivity contribution is -0.121. The van der Waals surface area contributed by atoms with Crippen molar-refractivity contribution in [3.8, 4) is 0 Å². The third kappa shape index (κ3) is 4.43. The SMILES string of the molecule is Cc1ccc(C)c([C@@H](C)NC(=O)Cc2cccc(Br)c2)c1. The molecule has 0 heterocycles. The fourth-order valence-electron chi connectivity index (χ4n) is 2.43. The Labute approximate surface area is 134 Å². The van der Waals surface area contributed by atoms with Crippen LogP contribution in [-0.4, -0.2) is 5.91 Å². The molecular weight excluding hydrogens is 326 g/mol. The Morgan fingerprint density at radius 2 is 1.95 bits per heavy atom. The molecule has 1 amide bonds. The zero-order chi connectivity index (χ0) is 15.4. The number of benzene rings is 2. The Kier molecular flexibility index (Phi) is 5.18. The summed E-state index contributed by atoms with van der Waals surface area (Å²) in [5.41, 5.74) is 4.60. The fraction of sp³-hybridized carbons (Fsp3) is 0.278. The summed E-state index contributed by atoms with van der Waals surface area (Å²) in [6, 6.07) is 14.2. The van der Waals surface area contributed by atoms with Gasteiger partial charge in [0, 0.05) is 4.47 Å². The number of hydrogen-bond donors (Lipinski definition) is 1. The van der Waals surface area contributed by atoms with E-state index in [-0.39, 0.29) is 11.9 Å². The predicted molar refractivity (Wildman–Crippen MR) is 90.3 cm³/mol. The minimum absolute atomic E-state index is 0.0181. The molecule has 0 radical (unpaired) electrons. The van der Waals surface area contributed by atoms with Gasteiger partial charge in [0.15, 0.2) is 0 Å². The summed E-state index contributed by atoms with van der Waals surface area (Å²) < 4.78 is 0.996. The lowest BCUT2D eigenvalue weighted by Gasteiger charge is -2.17. The zero-order valence-electron chi connectivity index (χ0n) is 12.6. The Balaban J connectivity index is 2.03. The summed E-state index contributed by atoms with van der Waals surface area (Å²) in [6.07, 6.45) is 0.397. The lowest BCUT2D eigenvalue weighted by atomic mass is 10.00. The molecule has 0 unspecified atom stereocenters. The highest BCUT2D eigenvalue weighted by atomic mass is 79.9. The maximum Gasteiger partial charge on any atom is 0.224 e. The van der Waals surface area contributed by atoms with Crippen LogP contribution < -0.4 is 5.32 Å². The molecule has 0 aliphatic carbocycles. The summed E-state index contributed by atoms with van der Waals surface area (Å²) >= 11 is 3.43. The van der Waals surface area contributed by atoms with Crippen LogP contribution in [0.1, 0.15) is 35.2 Å². The number of carbonyl (C=O) groups excluding carboxylic acids is 1. The van der Waals surface area contributed by atoms with Crippen LogP contribution in [0.3, 0.4) is 0 Å². The number of aryl methyl sites for hydroxylation is 2. The monoisotopic (exact) mass is 345 g/mol. The molecule has 2 nitrogen and oxygen atoms in total. The summed E-state index contributed by atoms with van der Waals surface area (Å²) in [5.74, 6) is 0.0431. The van der Waals surface area contributed by atoms with Crippen LogP contribution in [0.2, 0.25) is 0 Å². The summed E-state index contributed by atoms with van der Waals surface area (Å²) in [7, 11) is 0. The predicted octanol–water partition coefficient (Wildman–Crippen LogP) is 4.49. The van der Waals surface area contributed by atoms with E-state index in [1.54, 1.807) is 0 Å². The van der Waals surface area contributed by atoms with E-state index in [0.29, 0.717) is 6.42 Å². The van der Waals surface area contributed by atoms with E-state index in [4.69, 9.17) is 0 Å². The van der Waals surface area contributed by atoms with E-state index in [1.165, 1.54) is 16.7 Å². The Morgan fingerprint density at radius 1 is 1.19 bits per heavy atom. The van der Waals surface area contributed by atoms with Crippen molar-refractivity contribution in [2.75, 3.05) is 0 Å². The molecule has 0 aromatic heterocycles. The topological polar surface area (TPSA) is 29.1 Å². The van der Waals surface area contributed by atoms with Crippen LogP contribution in [0.5, 0.6) is 0 Å². The van der Waals surface area contributed by atoms with Crippen LogP contribution in [-0.2, 0) is 11.2 Å². The second-order valence-electron chi connectivity index (χ2n) is 5.46. The molecule has 0 saturated carbocycles. The number of nitrogens with one attached hydrogen (secondary N) is 1. The molecule has 1 N–H and O–H groups in total. The lowest BCUT2D eigenvalue weighted by Crippen LogP contribution is -2.28. The van der Waals surface area contributed by atoms with Crippen LogP contribution in [0.4, 0.5) is 0 Å². The van der Waals surface area contributed by atoms with Crippen LogP contribution >= 0.6 is 15.9 Å². The molecule has 2 aromatic carbocycles. The minimum atomic E-state index is 0.0181. The van der Waals surface area contributed by atoms with Gasteiger partial charge in [0.1, 0.15) is 0 Å². The third-order valence-corrected chi connectivity index (χ3v) is 4.03. The first-order valence-electron chi connectivity index (χ1n) is 7.06. The van der Waals surface area contributed by atoms with Gasteiger partial charge in [0.25, 0.3) is 0 Å². The number of rotatable bonds is 4. The van der Waals surface area contributed by atoms with Crippen molar-refractivity contribution >= 4 is 21.8 Å². The van der Waals surface area contributed by atoms with Crippen LogP contribution in [0, 0.1) is 13.8 Å². The van der Waals surface area contributed by atoms with Crippen LogP contribution in [0.15, 0.2) is 46.9 Å². The van der Waals surface area contributed by atoms with Crippen molar-refractivity contribution in [3.05, 3.63) is 69.2 Å². The molecule has 1 atom stereocenters. The number of amides is 1. The summed E-state index contributed by atoms with van der Waals surface area (Å²) in [6.45, 7) is 6.17. The van der Waals surface area contributed by atoms with Crippen molar-refractivity contribution in [2.24, 2.45) is 0 Å². The molecule has 0 aliphatic rings. The Morgan fingerprint density at radius 3 is 2.67 bits per heavy atom. The summed E-state index contributed by atoms with van der Waals surface area (Å²) in [4.78, 5) is 12.2. The first kappa shape index (κ1) is 15.8. The van der Waals surface area contributed by atoms with Gasteiger partial charge in [0.2, 0.25) is 5.91 Å². The highest BCUT2D eigenvalue weighted by molar-refractivity contribution is 9.10. The van der Waals surface area contributed by atoms with Crippen molar-refractivity contribution < 1.29 is 4.79 Å². The van der Waals surface area contributed by atoms with Gasteiger partial charge in [-0.05, 0) is 49.6 Å². The second kappa shape index (κ2) is 6.90. The van der Waals surface area contributed by atoms with Gasteiger partial charge >= 0.3 is 0 Å². The molecule has 0 fully saturated rings. The van der Waals surface area contributed by atoms with Gasteiger partial charge in [-0.2, -0.15) is 0 Å². The van der Waals surface area contributed by atoms with Crippen LogP contribution in [0.25, 0.3) is 0 Å². The first-order valence-corrected chi connectivity index (χ1v) is 7.86. The molecule has 0 bridgehead atoms. The summed E-state index contributed by atoms with van der Waals surface area (Å²) in [5, 5.41) is 3.08. The molecule has 3 heteroatoms. The first-order chi connectivity index (χ1) is 9.95. The molecule has 21 heavy (non-hydrogen) atoms. The van der Waals surface area contributed by atoms with E-state index < -0.39 is 0 Å². The average molecular weight is 346 g/mol. The number of hydrogen-bond acceptors (Lipinski definition) is 1. The smallest absolute Gasteiger partial charge is 0.224 e. The van der Waals surface area contributed by atoms with E-state index in [1.807, 2.05) is 31.2 Å². The molecule has 0 saturated heterocycles. The maximum atomic E-state index is 12.2. The van der Waals surface area contributed by atoms with Crippen molar-refractivity contribution in [3.63, 3.8) is 0 Å². The number of carbonyl (C=O) groups is 1.